The Labute approximate surface area is 212 Å². The van der Waals surface area contributed by atoms with Crippen LogP contribution in [-0.4, -0.2) is 66.3 Å². The van der Waals surface area contributed by atoms with Gasteiger partial charge in [0.2, 0.25) is 11.9 Å². The van der Waals surface area contributed by atoms with Gasteiger partial charge in [-0.15, -0.1) is 0 Å². The van der Waals surface area contributed by atoms with E-state index in [1.165, 1.54) is 20.0 Å². The van der Waals surface area contributed by atoms with Gasteiger partial charge in [0.25, 0.3) is 5.91 Å². The number of rotatable bonds is 8. The summed E-state index contributed by atoms with van der Waals surface area (Å²) in [6.45, 7) is 4.39. The quantitative estimate of drug-likeness (QED) is 0.510. The summed E-state index contributed by atoms with van der Waals surface area (Å²) in [4.78, 5) is 38.5. The Morgan fingerprint density at radius 3 is 2.69 bits per heavy atom. The monoisotopic (exact) mass is 496 g/mol. The summed E-state index contributed by atoms with van der Waals surface area (Å²) in [6, 6.07) is 5.12. The van der Waals surface area contributed by atoms with Crippen LogP contribution in [0.4, 0.5) is 23.1 Å². The van der Waals surface area contributed by atoms with E-state index in [2.05, 4.69) is 20.5 Å². The molecule has 4 rings (SSSR count). The number of nitrogens with one attached hydrogen (secondary N) is 2. The molecule has 2 amide bonds. The standard InChI is InChI=1S/C26H36N6O4/c1-16(2)20(15-33)28-25(35)17-9-10-19(22(13-17)36-4)29-26-27-14-21-24(30-26)32(18-7-5-6-8-18)12-11-23(34)31(21)3/h9-10,13-14,16,18,20,33H,5-8,11-12,15H2,1-4H3,(H,28,35)(H,27,29,30)/t20-/m0/s1. The molecule has 0 unspecified atom stereocenters. The molecule has 2 heterocycles. The maximum atomic E-state index is 12.7. The van der Waals surface area contributed by atoms with Crippen molar-refractivity contribution in [3.63, 3.8) is 0 Å². The lowest BCUT2D eigenvalue weighted by atomic mass is 10.0. The number of carbonyl (C=O) groups is 2. The molecule has 2 aromatic rings. The SMILES string of the molecule is COc1cc(C(=O)N[C@@H](CO)C(C)C)ccc1Nc1ncc2c(n1)N(C1CCCC1)CCC(=O)N2C. The predicted molar refractivity (Wildman–Crippen MR) is 139 cm³/mol. The van der Waals surface area contributed by atoms with Crippen LogP contribution in [0.25, 0.3) is 0 Å². The first-order valence-electron chi connectivity index (χ1n) is 12.6. The summed E-state index contributed by atoms with van der Waals surface area (Å²) >= 11 is 0. The molecule has 10 heteroatoms. The van der Waals surface area contributed by atoms with Crippen molar-refractivity contribution >= 4 is 35.0 Å². The Morgan fingerprint density at radius 1 is 1.28 bits per heavy atom. The largest absolute Gasteiger partial charge is 0.495 e. The fourth-order valence-corrected chi connectivity index (χ4v) is 4.80. The van der Waals surface area contributed by atoms with Gasteiger partial charge in [-0.1, -0.05) is 26.7 Å². The van der Waals surface area contributed by atoms with Crippen molar-refractivity contribution in [1.29, 1.82) is 0 Å². The number of benzene rings is 1. The number of carbonyl (C=O) groups excluding carboxylic acids is 2. The van der Waals surface area contributed by atoms with Crippen molar-refractivity contribution in [1.82, 2.24) is 15.3 Å². The van der Waals surface area contributed by atoms with Gasteiger partial charge in [-0.3, -0.25) is 9.59 Å². The van der Waals surface area contributed by atoms with E-state index in [0.717, 1.165) is 18.7 Å². The van der Waals surface area contributed by atoms with Gasteiger partial charge in [-0.25, -0.2) is 4.98 Å². The van der Waals surface area contributed by atoms with Gasteiger partial charge in [0, 0.05) is 31.6 Å². The van der Waals surface area contributed by atoms with Crippen LogP contribution < -0.4 is 25.2 Å². The van der Waals surface area contributed by atoms with Gasteiger partial charge in [0.1, 0.15) is 11.4 Å². The minimum absolute atomic E-state index is 0.0532. The highest BCUT2D eigenvalue weighted by molar-refractivity contribution is 5.97. The molecule has 0 bridgehead atoms. The van der Waals surface area contributed by atoms with Gasteiger partial charge >= 0.3 is 0 Å². The lowest BCUT2D eigenvalue weighted by Crippen LogP contribution is -2.41. The topological polar surface area (TPSA) is 120 Å². The van der Waals surface area contributed by atoms with Crippen LogP contribution in [0.15, 0.2) is 24.4 Å². The first-order valence-corrected chi connectivity index (χ1v) is 12.6. The molecule has 1 saturated carbocycles. The Bertz CT molecular complexity index is 1100. The van der Waals surface area contributed by atoms with Gasteiger partial charge in [-0.05, 0) is 37.0 Å². The maximum absolute atomic E-state index is 12.7. The van der Waals surface area contributed by atoms with Crippen LogP contribution >= 0.6 is 0 Å². The van der Waals surface area contributed by atoms with Crippen molar-refractivity contribution < 1.29 is 19.4 Å². The average molecular weight is 497 g/mol. The van der Waals surface area contributed by atoms with Crippen LogP contribution in [-0.2, 0) is 4.79 Å². The molecule has 1 atom stereocenters. The van der Waals surface area contributed by atoms with E-state index in [0.29, 0.717) is 47.6 Å². The molecule has 0 radical (unpaired) electrons. The molecule has 2 aliphatic rings. The van der Waals surface area contributed by atoms with Crippen LogP contribution in [0.5, 0.6) is 5.75 Å². The Morgan fingerprint density at radius 2 is 2.03 bits per heavy atom. The summed E-state index contributed by atoms with van der Waals surface area (Å²) in [5, 5.41) is 15.6. The van der Waals surface area contributed by atoms with E-state index >= 15 is 0 Å². The minimum atomic E-state index is -0.331. The van der Waals surface area contributed by atoms with E-state index < -0.39 is 0 Å². The highest BCUT2D eigenvalue weighted by Crippen LogP contribution is 2.37. The van der Waals surface area contributed by atoms with E-state index in [9.17, 15) is 14.7 Å². The number of methoxy groups -OCH3 is 1. The molecule has 1 aliphatic heterocycles. The number of nitrogens with zero attached hydrogens (tertiary/aromatic N) is 4. The molecule has 0 saturated heterocycles. The zero-order chi connectivity index (χ0) is 25.8. The van der Waals surface area contributed by atoms with E-state index in [-0.39, 0.29) is 30.4 Å². The van der Waals surface area contributed by atoms with E-state index in [1.807, 2.05) is 13.8 Å². The predicted octanol–water partition coefficient (Wildman–Crippen LogP) is 3.09. The summed E-state index contributed by atoms with van der Waals surface area (Å²) in [5.74, 6) is 1.48. The molecule has 0 spiro atoms. The fraction of sp³-hybridized carbons (Fsp3) is 0.538. The summed E-state index contributed by atoms with van der Waals surface area (Å²) < 4.78 is 5.54. The average Bonchev–Trinajstić information content (AvgIpc) is 3.37. The van der Waals surface area contributed by atoms with E-state index in [1.54, 1.807) is 36.3 Å². The molecule has 3 N–H and O–H groups in total. The molecule has 1 aliphatic carbocycles. The molecule has 1 aromatic heterocycles. The van der Waals surface area contributed by atoms with Crippen LogP contribution in [0, 0.1) is 5.92 Å². The van der Waals surface area contributed by atoms with Gasteiger partial charge in [0.15, 0.2) is 5.82 Å². The molecule has 194 valence electrons. The normalized spacial score (nSPS) is 17.1. The first kappa shape index (κ1) is 25.7. The van der Waals surface area contributed by atoms with Crippen LogP contribution in [0.2, 0.25) is 0 Å². The third kappa shape index (κ3) is 5.38. The number of hydrogen-bond acceptors (Lipinski definition) is 8. The van der Waals surface area contributed by atoms with Crippen molar-refractivity contribution in [3.05, 3.63) is 30.0 Å². The summed E-state index contributed by atoms with van der Waals surface area (Å²) in [7, 11) is 3.30. The molecule has 10 nitrogen and oxygen atoms in total. The lowest BCUT2D eigenvalue weighted by molar-refractivity contribution is -0.118. The van der Waals surface area contributed by atoms with Crippen molar-refractivity contribution in [2.75, 3.05) is 42.4 Å². The first-order chi connectivity index (χ1) is 17.3. The number of aliphatic hydroxyl groups is 1. The van der Waals surface area contributed by atoms with Crippen molar-refractivity contribution in [3.8, 4) is 5.75 Å². The Hall–Kier alpha value is -3.40. The maximum Gasteiger partial charge on any atom is 0.251 e. The van der Waals surface area contributed by atoms with Crippen molar-refractivity contribution in [2.45, 2.75) is 58.0 Å². The zero-order valence-corrected chi connectivity index (χ0v) is 21.5. The molecule has 1 fully saturated rings. The zero-order valence-electron chi connectivity index (χ0n) is 21.5. The number of anilines is 4. The molecule has 36 heavy (non-hydrogen) atoms. The number of aromatic nitrogens is 2. The second kappa shape index (κ2) is 11.1. The second-order valence-corrected chi connectivity index (χ2v) is 9.78. The third-order valence-electron chi connectivity index (χ3n) is 7.12. The number of hydrogen-bond donors (Lipinski definition) is 3. The summed E-state index contributed by atoms with van der Waals surface area (Å²) in [5.41, 5.74) is 1.74. The molecular weight excluding hydrogens is 460 g/mol. The Kier molecular flexibility index (Phi) is 7.93. The molecular formula is C26H36N6O4. The smallest absolute Gasteiger partial charge is 0.251 e. The number of aliphatic hydroxyl groups excluding tert-OH is 1. The van der Waals surface area contributed by atoms with Gasteiger partial charge in [0.05, 0.1) is 31.6 Å². The lowest BCUT2D eigenvalue weighted by Gasteiger charge is -2.30. The van der Waals surface area contributed by atoms with Gasteiger partial charge in [-0.2, -0.15) is 4.98 Å². The number of ether oxygens (including phenoxy) is 1. The summed E-state index contributed by atoms with van der Waals surface area (Å²) in [6.07, 6.45) is 6.68. The van der Waals surface area contributed by atoms with E-state index in [4.69, 9.17) is 9.72 Å². The fourth-order valence-electron chi connectivity index (χ4n) is 4.80. The molecule has 1 aromatic carbocycles. The van der Waals surface area contributed by atoms with Crippen molar-refractivity contribution in [2.24, 2.45) is 5.92 Å². The third-order valence-corrected chi connectivity index (χ3v) is 7.12. The van der Waals surface area contributed by atoms with Crippen LogP contribution in [0.1, 0.15) is 56.3 Å². The van der Waals surface area contributed by atoms with Crippen LogP contribution in [0.3, 0.4) is 0 Å². The number of amides is 2. The minimum Gasteiger partial charge on any atom is -0.495 e. The Balaban J connectivity index is 1.60. The highest BCUT2D eigenvalue weighted by Gasteiger charge is 2.31. The highest BCUT2D eigenvalue weighted by atomic mass is 16.5. The number of fused-ring (bicyclic) bond motifs is 1. The second-order valence-electron chi connectivity index (χ2n) is 9.78. The van der Waals surface area contributed by atoms with Gasteiger partial charge < -0.3 is 30.3 Å².